The van der Waals surface area contributed by atoms with Crippen LogP contribution in [0.4, 0.5) is 5.69 Å². The molecule has 0 amide bonds. The first kappa shape index (κ1) is 12.8. The van der Waals surface area contributed by atoms with Gasteiger partial charge in [0.15, 0.2) is 0 Å². The summed E-state index contributed by atoms with van der Waals surface area (Å²) in [5.41, 5.74) is 6.45. The lowest BCUT2D eigenvalue weighted by atomic mass is 10.1. The van der Waals surface area contributed by atoms with Gasteiger partial charge in [-0.3, -0.25) is 4.79 Å². The van der Waals surface area contributed by atoms with Crippen LogP contribution in [0.15, 0.2) is 18.2 Å². The van der Waals surface area contributed by atoms with Crippen LogP contribution < -0.4 is 5.73 Å². The molecule has 0 aliphatic rings. The van der Waals surface area contributed by atoms with Gasteiger partial charge >= 0.3 is 5.97 Å². The molecule has 0 unspecified atom stereocenters. The zero-order valence-corrected chi connectivity index (χ0v) is 10.5. The standard InChI is InChI=1S/C12H16ClNO2/c1-12(2,3)16-11(15)7-8-4-5-9(13)10(14)6-8/h4-6H,7,14H2,1-3H3. The second-order valence-corrected chi connectivity index (χ2v) is 5.03. The van der Waals surface area contributed by atoms with Crippen LogP contribution in [0.5, 0.6) is 0 Å². The minimum absolute atomic E-state index is 0.207. The lowest BCUT2D eigenvalue weighted by Crippen LogP contribution is -2.24. The summed E-state index contributed by atoms with van der Waals surface area (Å²) >= 11 is 5.78. The minimum atomic E-state index is -0.463. The van der Waals surface area contributed by atoms with E-state index in [0.29, 0.717) is 10.7 Å². The predicted molar refractivity (Wildman–Crippen MR) is 65.4 cm³/mol. The molecule has 0 atom stereocenters. The molecule has 0 aliphatic heterocycles. The highest BCUT2D eigenvalue weighted by Gasteiger charge is 2.16. The number of esters is 1. The smallest absolute Gasteiger partial charge is 0.310 e. The Kier molecular flexibility index (Phi) is 3.81. The van der Waals surface area contributed by atoms with E-state index in [1.165, 1.54) is 0 Å². The van der Waals surface area contributed by atoms with Gasteiger partial charge in [0, 0.05) is 0 Å². The second kappa shape index (κ2) is 4.74. The van der Waals surface area contributed by atoms with E-state index in [2.05, 4.69) is 0 Å². The van der Waals surface area contributed by atoms with E-state index in [0.717, 1.165) is 5.56 Å². The van der Waals surface area contributed by atoms with E-state index in [1.807, 2.05) is 20.8 Å². The lowest BCUT2D eigenvalue weighted by molar-refractivity contribution is -0.153. The molecule has 16 heavy (non-hydrogen) atoms. The van der Waals surface area contributed by atoms with Gasteiger partial charge in [0.1, 0.15) is 5.60 Å². The third-order valence-electron chi connectivity index (χ3n) is 1.83. The average Bonchev–Trinajstić information content (AvgIpc) is 2.08. The summed E-state index contributed by atoms with van der Waals surface area (Å²) in [5, 5.41) is 0.493. The first-order valence-corrected chi connectivity index (χ1v) is 5.41. The summed E-state index contributed by atoms with van der Waals surface area (Å²) in [6, 6.07) is 5.13. The highest BCUT2D eigenvalue weighted by atomic mass is 35.5. The highest BCUT2D eigenvalue weighted by molar-refractivity contribution is 6.33. The van der Waals surface area contributed by atoms with Crippen molar-refractivity contribution in [2.45, 2.75) is 32.8 Å². The van der Waals surface area contributed by atoms with Crippen LogP contribution in [0, 0.1) is 0 Å². The zero-order valence-electron chi connectivity index (χ0n) is 9.71. The third-order valence-corrected chi connectivity index (χ3v) is 2.17. The number of ether oxygens (including phenoxy) is 1. The Bertz CT molecular complexity index is 396. The van der Waals surface area contributed by atoms with Gasteiger partial charge in [-0.2, -0.15) is 0 Å². The van der Waals surface area contributed by atoms with Gasteiger partial charge in [-0.25, -0.2) is 0 Å². The summed E-state index contributed by atoms with van der Waals surface area (Å²) in [6.45, 7) is 5.50. The van der Waals surface area contributed by atoms with Crippen molar-refractivity contribution in [3.05, 3.63) is 28.8 Å². The van der Waals surface area contributed by atoms with Crippen LogP contribution in [0.1, 0.15) is 26.3 Å². The van der Waals surface area contributed by atoms with Crippen molar-refractivity contribution in [3.8, 4) is 0 Å². The Hall–Kier alpha value is -1.22. The summed E-state index contributed by atoms with van der Waals surface area (Å²) in [4.78, 5) is 11.5. The molecule has 0 saturated carbocycles. The molecule has 0 spiro atoms. The monoisotopic (exact) mass is 241 g/mol. The fourth-order valence-electron chi connectivity index (χ4n) is 1.25. The van der Waals surface area contributed by atoms with Gasteiger partial charge in [0.05, 0.1) is 17.1 Å². The van der Waals surface area contributed by atoms with Gasteiger partial charge in [-0.05, 0) is 38.5 Å². The van der Waals surface area contributed by atoms with Crippen molar-refractivity contribution < 1.29 is 9.53 Å². The maximum atomic E-state index is 11.5. The fourth-order valence-corrected chi connectivity index (χ4v) is 1.36. The normalized spacial score (nSPS) is 11.2. The topological polar surface area (TPSA) is 52.3 Å². The van der Waals surface area contributed by atoms with Crippen molar-refractivity contribution >= 4 is 23.3 Å². The fraction of sp³-hybridized carbons (Fsp3) is 0.417. The Balaban J connectivity index is 2.67. The minimum Gasteiger partial charge on any atom is -0.460 e. The van der Waals surface area contributed by atoms with Crippen LogP contribution in [0.2, 0.25) is 5.02 Å². The molecule has 0 aromatic heterocycles. The number of carbonyl (C=O) groups is 1. The average molecular weight is 242 g/mol. The number of rotatable bonds is 2. The van der Waals surface area contributed by atoms with Crippen LogP contribution in [0.25, 0.3) is 0 Å². The summed E-state index contributed by atoms with van der Waals surface area (Å²) in [6.07, 6.45) is 0.207. The SMILES string of the molecule is CC(C)(C)OC(=O)Cc1ccc(Cl)c(N)c1. The maximum absolute atomic E-state index is 11.5. The van der Waals surface area contributed by atoms with E-state index in [4.69, 9.17) is 22.1 Å². The van der Waals surface area contributed by atoms with Gasteiger partial charge in [0.25, 0.3) is 0 Å². The summed E-state index contributed by atoms with van der Waals surface area (Å²) < 4.78 is 5.20. The van der Waals surface area contributed by atoms with Crippen LogP contribution in [-0.4, -0.2) is 11.6 Å². The molecule has 1 aromatic carbocycles. The van der Waals surface area contributed by atoms with Crippen molar-refractivity contribution in [3.63, 3.8) is 0 Å². The number of halogens is 1. The Morgan fingerprint density at radius 3 is 2.56 bits per heavy atom. The van der Waals surface area contributed by atoms with Gasteiger partial charge in [-0.15, -0.1) is 0 Å². The van der Waals surface area contributed by atoms with Gasteiger partial charge in [0.2, 0.25) is 0 Å². The molecule has 2 N–H and O–H groups in total. The number of anilines is 1. The molecule has 0 saturated heterocycles. The second-order valence-electron chi connectivity index (χ2n) is 4.62. The molecule has 4 heteroatoms. The Morgan fingerprint density at radius 1 is 1.44 bits per heavy atom. The van der Waals surface area contributed by atoms with E-state index in [9.17, 15) is 4.79 Å². The van der Waals surface area contributed by atoms with Crippen LogP contribution in [0.3, 0.4) is 0 Å². The molecule has 0 fully saturated rings. The van der Waals surface area contributed by atoms with Crippen molar-refractivity contribution in [2.24, 2.45) is 0 Å². The number of nitrogens with two attached hydrogens (primary N) is 1. The quantitative estimate of drug-likeness (QED) is 0.640. The van der Waals surface area contributed by atoms with E-state index < -0.39 is 5.60 Å². The van der Waals surface area contributed by atoms with Gasteiger partial charge < -0.3 is 10.5 Å². The molecule has 1 rings (SSSR count). The van der Waals surface area contributed by atoms with Gasteiger partial charge in [-0.1, -0.05) is 17.7 Å². The molecular weight excluding hydrogens is 226 g/mol. The molecule has 0 bridgehead atoms. The van der Waals surface area contributed by atoms with Crippen molar-refractivity contribution in [2.75, 3.05) is 5.73 Å². The van der Waals surface area contributed by atoms with E-state index in [1.54, 1.807) is 18.2 Å². The van der Waals surface area contributed by atoms with Crippen LogP contribution in [-0.2, 0) is 16.0 Å². The number of benzene rings is 1. The molecule has 0 heterocycles. The largest absolute Gasteiger partial charge is 0.460 e. The Morgan fingerprint density at radius 2 is 2.06 bits per heavy atom. The predicted octanol–water partition coefficient (Wildman–Crippen LogP) is 2.81. The molecule has 3 nitrogen and oxygen atoms in total. The number of hydrogen-bond acceptors (Lipinski definition) is 3. The molecule has 0 aliphatic carbocycles. The maximum Gasteiger partial charge on any atom is 0.310 e. The van der Waals surface area contributed by atoms with Crippen molar-refractivity contribution in [1.29, 1.82) is 0 Å². The van der Waals surface area contributed by atoms with Crippen molar-refractivity contribution in [1.82, 2.24) is 0 Å². The zero-order chi connectivity index (χ0) is 12.3. The van der Waals surface area contributed by atoms with Crippen LogP contribution >= 0.6 is 11.6 Å². The molecule has 0 radical (unpaired) electrons. The number of hydrogen-bond donors (Lipinski definition) is 1. The lowest BCUT2D eigenvalue weighted by Gasteiger charge is -2.19. The third kappa shape index (κ3) is 4.11. The first-order valence-electron chi connectivity index (χ1n) is 5.04. The summed E-state index contributed by atoms with van der Waals surface area (Å²) in [5.74, 6) is -0.269. The first-order chi connectivity index (χ1) is 7.28. The Labute approximate surface area is 101 Å². The number of nitrogen functional groups attached to an aromatic ring is 1. The molecule has 88 valence electrons. The van der Waals surface area contributed by atoms with E-state index >= 15 is 0 Å². The molecular formula is C12H16ClNO2. The number of carbonyl (C=O) groups excluding carboxylic acids is 1. The highest BCUT2D eigenvalue weighted by Crippen LogP contribution is 2.20. The van der Waals surface area contributed by atoms with E-state index in [-0.39, 0.29) is 12.4 Å². The summed E-state index contributed by atoms with van der Waals surface area (Å²) in [7, 11) is 0. The molecule has 1 aromatic rings.